The summed E-state index contributed by atoms with van der Waals surface area (Å²) in [7, 11) is 0. The van der Waals surface area contributed by atoms with Crippen molar-refractivity contribution in [2.24, 2.45) is 0 Å². The van der Waals surface area contributed by atoms with Crippen LogP contribution in [0, 0.1) is 0 Å². The molecule has 0 atom stereocenters. The third kappa shape index (κ3) is 0.753. The summed E-state index contributed by atoms with van der Waals surface area (Å²) in [6.45, 7) is 0. The van der Waals surface area contributed by atoms with Crippen molar-refractivity contribution >= 4 is 16.9 Å². The molecule has 0 aromatic heterocycles. The molecule has 6 heavy (non-hydrogen) atoms. The van der Waals surface area contributed by atoms with Crippen LogP contribution in [-0.2, 0) is 0 Å². The van der Waals surface area contributed by atoms with Crippen molar-refractivity contribution in [3.8, 4) is 0 Å². The Morgan fingerprint density at radius 1 is 1.67 bits per heavy atom. The van der Waals surface area contributed by atoms with E-state index in [1.165, 1.54) is 4.36 Å². The van der Waals surface area contributed by atoms with Gasteiger partial charge in [0.05, 0.1) is 0 Å². The fourth-order valence-electron chi connectivity index (χ4n) is 0.458. The average Bonchev–Trinajstić information content (AvgIpc) is 1.86. The molecule has 0 bridgehead atoms. The molecule has 0 aliphatic heterocycles. The fraction of sp³-hybridized carbons (Fsp3) is 0.200. The van der Waals surface area contributed by atoms with Gasteiger partial charge in [-0.2, -0.15) is 0 Å². The Hall–Kier alpha value is 0.0384. The maximum absolute atomic E-state index is 2.21. The molecule has 0 nitrogen and oxygen atoms in total. The van der Waals surface area contributed by atoms with E-state index in [-0.39, 0.29) is 0 Å². The monoisotopic (exact) mass is 141 g/mol. The predicted molar refractivity (Wildman–Crippen MR) is 29.0 cm³/mol. The molecular weight excluding hydrogens is 135 g/mol. The van der Waals surface area contributed by atoms with Crippen LogP contribution in [0.1, 0.15) is 6.42 Å². The second kappa shape index (κ2) is 1.66. The molecule has 0 N–H and O–H groups in total. The van der Waals surface area contributed by atoms with Gasteiger partial charge in [-0.1, -0.05) is 0 Å². The Bertz CT molecular complexity index is 97.8. The summed E-state index contributed by atoms with van der Waals surface area (Å²) in [5.41, 5.74) is 0. The first kappa shape index (κ1) is 4.20. The third-order valence-electron chi connectivity index (χ3n) is 0.771. The van der Waals surface area contributed by atoms with Crippen molar-refractivity contribution in [3.05, 3.63) is 22.6 Å². The van der Waals surface area contributed by atoms with Crippen LogP contribution >= 0.6 is 0 Å². The zero-order valence-electron chi connectivity index (χ0n) is 3.44. The molecule has 0 unspecified atom stereocenters. The SMILES string of the molecule is [AsH]C1=CCC=C1. The van der Waals surface area contributed by atoms with Gasteiger partial charge in [0.2, 0.25) is 0 Å². The van der Waals surface area contributed by atoms with Crippen LogP contribution < -0.4 is 0 Å². The van der Waals surface area contributed by atoms with E-state index in [0.29, 0.717) is 0 Å². The van der Waals surface area contributed by atoms with E-state index in [1.54, 1.807) is 0 Å². The second-order valence-electron chi connectivity index (χ2n) is 1.30. The molecule has 1 rings (SSSR count). The van der Waals surface area contributed by atoms with E-state index in [1.807, 2.05) is 0 Å². The molecule has 0 fully saturated rings. The molecule has 1 radical (unpaired) electrons. The van der Waals surface area contributed by atoms with Crippen molar-refractivity contribution in [1.82, 2.24) is 0 Å². The van der Waals surface area contributed by atoms with Crippen LogP contribution in [0.25, 0.3) is 0 Å². The van der Waals surface area contributed by atoms with Crippen molar-refractivity contribution < 1.29 is 0 Å². The predicted octanol–water partition coefficient (Wildman–Crippen LogP) is 0.731. The van der Waals surface area contributed by atoms with E-state index in [4.69, 9.17) is 0 Å². The molecule has 0 heterocycles. The summed E-state index contributed by atoms with van der Waals surface area (Å²) >= 11 is 2.11. The normalized spacial score (nSPS) is 18.5. The topological polar surface area (TPSA) is 0 Å². The Morgan fingerprint density at radius 3 is 2.67 bits per heavy atom. The van der Waals surface area contributed by atoms with Crippen molar-refractivity contribution in [2.45, 2.75) is 6.42 Å². The van der Waals surface area contributed by atoms with Crippen LogP contribution in [0.4, 0.5) is 0 Å². The van der Waals surface area contributed by atoms with Gasteiger partial charge in [-0.25, -0.2) is 0 Å². The van der Waals surface area contributed by atoms with Gasteiger partial charge in [-0.15, -0.1) is 0 Å². The Labute approximate surface area is 46.4 Å². The summed E-state index contributed by atoms with van der Waals surface area (Å²) in [4.78, 5) is 0. The zero-order valence-corrected chi connectivity index (χ0v) is 5.54. The van der Waals surface area contributed by atoms with E-state index in [9.17, 15) is 0 Å². The van der Waals surface area contributed by atoms with Crippen LogP contribution in [0.15, 0.2) is 22.6 Å². The Balaban J connectivity index is 2.68. The van der Waals surface area contributed by atoms with Gasteiger partial charge in [-0.3, -0.25) is 0 Å². The summed E-state index contributed by atoms with van der Waals surface area (Å²) in [6, 6.07) is 0. The number of rotatable bonds is 0. The summed E-state index contributed by atoms with van der Waals surface area (Å²) in [5, 5.41) is 0. The van der Waals surface area contributed by atoms with E-state index < -0.39 is 0 Å². The second-order valence-corrected chi connectivity index (χ2v) is 2.51. The summed E-state index contributed by atoms with van der Waals surface area (Å²) < 4.78 is 1.40. The standard InChI is InChI=1S/C5H6As/c6-5-3-1-2-4-5/h1,3-4,6H,2H2. The van der Waals surface area contributed by atoms with E-state index in [2.05, 4.69) is 35.1 Å². The van der Waals surface area contributed by atoms with Crippen molar-refractivity contribution in [1.29, 1.82) is 0 Å². The molecule has 1 heteroatoms. The minimum atomic E-state index is 1.14. The number of allylic oxidation sites excluding steroid dienone is 4. The third-order valence-corrected chi connectivity index (χ3v) is 1.55. The van der Waals surface area contributed by atoms with E-state index >= 15 is 0 Å². The molecule has 0 saturated carbocycles. The molecule has 0 spiro atoms. The molecule has 0 saturated heterocycles. The molecule has 0 amide bonds. The van der Waals surface area contributed by atoms with E-state index in [0.717, 1.165) is 6.42 Å². The molecular formula is C5H6As. The molecule has 1 aliphatic rings. The van der Waals surface area contributed by atoms with Gasteiger partial charge in [-0.05, 0) is 0 Å². The van der Waals surface area contributed by atoms with Crippen molar-refractivity contribution in [2.75, 3.05) is 0 Å². The number of hydrogen-bond donors (Lipinski definition) is 0. The zero-order chi connectivity index (χ0) is 4.41. The van der Waals surface area contributed by atoms with Gasteiger partial charge in [0.25, 0.3) is 0 Å². The summed E-state index contributed by atoms with van der Waals surface area (Å²) in [6.07, 6.45) is 7.65. The van der Waals surface area contributed by atoms with Crippen LogP contribution in [0.3, 0.4) is 0 Å². The Morgan fingerprint density at radius 2 is 2.50 bits per heavy atom. The molecule has 31 valence electrons. The fourth-order valence-corrected chi connectivity index (χ4v) is 0.953. The van der Waals surface area contributed by atoms with Crippen LogP contribution in [-0.4, -0.2) is 16.9 Å². The van der Waals surface area contributed by atoms with Gasteiger partial charge in [0, 0.05) is 0 Å². The first-order valence-corrected chi connectivity index (χ1v) is 3.03. The van der Waals surface area contributed by atoms with Crippen LogP contribution in [0.5, 0.6) is 0 Å². The van der Waals surface area contributed by atoms with Gasteiger partial charge >= 0.3 is 45.9 Å². The average molecular weight is 141 g/mol. The minimum absolute atomic E-state index is 1.14. The maximum atomic E-state index is 2.21. The first-order valence-electron chi connectivity index (χ1n) is 1.98. The molecule has 0 aromatic rings. The van der Waals surface area contributed by atoms with Gasteiger partial charge in [0.1, 0.15) is 0 Å². The summed E-state index contributed by atoms with van der Waals surface area (Å²) in [5.74, 6) is 0. The van der Waals surface area contributed by atoms with Crippen molar-refractivity contribution in [3.63, 3.8) is 0 Å². The van der Waals surface area contributed by atoms with Crippen LogP contribution in [0.2, 0.25) is 0 Å². The quantitative estimate of drug-likeness (QED) is 0.436. The molecule has 0 aromatic carbocycles. The number of hydrogen-bond acceptors (Lipinski definition) is 0. The Kier molecular flexibility index (Phi) is 1.16. The molecule has 1 aliphatic carbocycles. The van der Waals surface area contributed by atoms with Gasteiger partial charge < -0.3 is 0 Å². The van der Waals surface area contributed by atoms with Gasteiger partial charge in [0.15, 0.2) is 0 Å². The first-order chi connectivity index (χ1) is 2.89.